The number of hydrogen-bond donors (Lipinski definition) is 1. The third-order valence-corrected chi connectivity index (χ3v) is 2.43. The summed E-state index contributed by atoms with van der Waals surface area (Å²) in [7, 11) is 6.16. The number of aromatic nitrogens is 2. The van der Waals surface area contributed by atoms with Crippen molar-refractivity contribution < 1.29 is 0 Å². The fourth-order valence-electron chi connectivity index (χ4n) is 1.20. The van der Waals surface area contributed by atoms with E-state index < -0.39 is 0 Å². The molecule has 0 aliphatic carbocycles. The van der Waals surface area contributed by atoms with E-state index in [0.29, 0.717) is 6.04 Å². The average molecular weight is 196 g/mol. The van der Waals surface area contributed by atoms with E-state index in [1.165, 1.54) is 0 Å². The molecule has 0 amide bonds. The first-order chi connectivity index (χ1) is 6.50. The van der Waals surface area contributed by atoms with Crippen LogP contribution in [-0.4, -0.2) is 41.1 Å². The molecule has 0 radical (unpaired) electrons. The van der Waals surface area contributed by atoms with Crippen molar-refractivity contribution in [2.45, 2.75) is 19.9 Å². The van der Waals surface area contributed by atoms with Crippen molar-refractivity contribution in [3.63, 3.8) is 0 Å². The van der Waals surface area contributed by atoms with Gasteiger partial charge in [0.2, 0.25) is 5.95 Å². The Morgan fingerprint density at radius 1 is 1.57 bits per heavy atom. The maximum Gasteiger partial charge on any atom is 0.202 e. The molecule has 80 valence electrons. The smallest absolute Gasteiger partial charge is 0.202 e. The van der Waals surface area contributed by atoms with E-state index in [-0.39, 0.29) is 0 Å². The van der Waals surface area contributed by atoms with Gasteiger partial charge in [0.25, 0.3) is 0 Å². The SMILES string of the molecule is Cc1cn(C)c(NCC(C)N(C)C)n1. The molecule has 0 saturated carbocycles. The first-order valence-corrected chi connectivity index (χ1v) is 4.91. The maximum atomic E-state index is 4.37. The zero-order valence-corrected chi connectivity index (χ0v) is 9.70. The van der Waals surface area contributed by atoms with Crippen molar-refractivity contribution in [3.05, 3.63) is 11.9 Å². The second-order valence-electron chi connectivity index (χ2n) is 4.01. The van der Waals surface area contributed by atoms with E-state index in [9.17, 15) is 0 Å². The van der Waals surface area contributed by atoms with Crippen LogP contribution in [0, 0.1) is 6.92 Å². The molecule has 0 aromatic carbocycles. The van der Waals surface area contributed by atoms with Gasteiger partial charge in [-0.25, -0.2) is 4.98 Å². The Labute approximate surface area is 85.9 Å². The van der Waals surface area contributed by atoms with Gasteiger partial charge in [-0.2, -0.15) is 0 Å². The van der Waals surface area contributed by atoms with Crippen LogP contribution in [0.1, 0.15) is 12.6 Å². The highest BCUT2D eigenvalue weighted by atomic mass is 15.2. The van der Waals surface area contributed by atoms with Gasteiger partial charge in [-0.15, -0.1) is 0 Å². The largest absolute Gasteiger partial charge is 0.354 e. The fraction of sp³-hybridized carbons (Fsp3) is 0.700. The molecule has 14 heavy (non-hydrogen) atoms. The van der Waals surface area contributed by atoms with Crippen molar-refractivity contribution >= 4 is 5.95 Å². The number of anilines is 1. The molecule has 0 aliphatic rings. The summed E-state index contributed by atoms with van der Waals surface area (Å²) >= 11 is 0. The summed E-state index contributed by atoms with van der Waals surface area (Å²) in [5, 5.41) is 3.33. The van der Waals surface area contributed by atoms with Gasteiger partial charge in [0.15, 0.2) is 0 Å². The summed E-state index contributed by atoms with van der Waals surface area (Å²) in [4.78, 5) is 6.56. The molecule has 1 aromatic heterocycles. The Bertz CT molecular complexity index is 290. The van der Waals surface area contributed by atoms with Gasteiger partial charge in [0.05, 0.1) is 5.69 Å². The minimum absolute atomic E-state index is 0.506. The molecule has 1 unspecified atom stereocenters. The number of hydrogen-bond acceptors (Lipinski definition) is 3. The topological polar surface area (TPSA) is 33.1 Å². The van der Waals surface area contributed by atoms with Crippen LogP contribution in [0.25, 0.3) is 0 Å². The minimum atomic E-state index is 0.506. The molecule has 0 saturated heterocycles. The molecule has 1 rings (SSSR count). The van der Waals surface area contributed by atoms with E-state index in [2.05, 4.69) is 36.2 Å². The van der Waals surface area contributed by atoms with Crippen LogP contribution in [-0.2, 0) is 7.05 Å². The van der Waals surface area contributed by atoms with Gasteiger partial charge in [0, 0.05) is 25.8 Å². The maximum absolute atomic E-state index is 4.37. The first-order valence-electron chi connectivity index (χ1n) is 4.91. The molecule has 0 spiro atoms. The van der Waals surface area contributed by atoms with Crippen molar-refractivity contribution in [1.82, 2.24) is 14.5 Å². The lowest BCUT2D eigenvalue weighted by Gasteiger charge is -2.20. The van der Waals surface area contributed by atoms with Crippen molar-refractivity contribution in [2.24, 2.45) is 7.05 Å². The van der Waals surface area contributed by atoms with Crippen molar-refractivity contribution in [1.29, 1.82) is 0 Å². The summed E-state index contributed by atoms with van der Waals surface area (Å²) in [5.41, 5.74) is 1.05. The van der Waals surface area contributed by atoms with E-state index in [1.807, 2.05) is 24.7 Å². The van der Waals surface area contributed by atoms with Gasteiger partial charge in [-0.1, -0.05) is 0 Å². The summed E-state index contributed by atoms with van der Waals surface area (Å²) in [6.45, 7) is 5.10. The van der Waals surface area contributed by atoms with Gasteiger partial charge in [0.1, 0.15) is 0 Å². The molecule has 1 N–H and O–H groups in total. The number of likely N-dealkylation sites (N-methyl/N-ethyl adjacent to an activating group) is 1. The van der Waals surface area contributed by atoms with E-state index >= 15 is 0 Å². The monoisotopic (exact) mass is 196 g/mol. The van der Waals surface area contributed by atoms with Crippen LogP contribution < -0.4 is 5.32 Å². The predicted molar refractivity (Wildman–Crippen MR) is 59.6 cm³/mol. The standard InChI is InChI=1S/C10H20N4/c1-8-7-14(5)10(12-8)11-6-9(2)13(3)4/h7,9H,6H2,1-5H3,(H,11,12). The predicted octanol–water partition coefficient (Wildman–Crippen LogP) is 1.09. The van der Waals surface area contributed by atoms with Crippen LogP contribution in [0.5, 0.6) is 0 Å². The molecular formula is C10H20N4. The van der Waals surface area contributed by atoms with Crippen LogP contribution >= 0.6 is 0 Å². The van der Waals surface area contributed by atoms with E-state index in [0.717, 1.165) is 18.2 Å². The Balaban J connectivity index is 2.49. The molecule has 1 heterocycles. The third-order valence-electron chi connectivity index (χ3n) is 2.43. The summed E-state index contributed by atoms with van der Waals surface area (Å²) < 4.78 is 2.01. The molecule has 4 nitrogen and oxygen atoms in total. The average Bonchev–Trinajstić information content (AvgIpc) is 2.40. The van der Waals surface area contributed by atoms with E-state index in [4.69, 9.17) is 0 Å². The van der Waals surface area contributed by atoms with Crippen molar-refractivity contribution in [2.75, 3.05) is 26.0 Å². The Kier molecular flexibility index (Phi) is 3.52. The number of nitrogens with zero attached hydrogens (tertiary/aromatic N) is 3. The Morgan fingerprint density at radius 2 is 2.21 bits per heavy atom. The minimum Gasteiger partial charge on any atom is -0.354 e. The molecule has 0 fully saturated rings. The zero-order chi connectivity index (χ0) is 10.7. The lowest BCUT2D eigenvalue weighted by Crippen LogP contribution is -2.32. The quantitative estimate of drug-likeness (QED) is 0.782. The lowest BCUT2D eigenvalue weighted by atomic mass is 10.3. The summed E-state index contributed by atoms with van der Waals surface area (Å²) in [5.74, 6) is 0.941. The second kappa shape index (κ2) is 4.46. The molecule has 0 aliphatic heterocycles. The first kappa shape index (κ1) is 11.0. The number of nitrogens with one attached hydrogen (secondary N) is 1. The highest BCUT2D eigenvalue weighted by Gasteiger charge is 2.06. The highest BCUT2D eigenvalue weighted by molar-refractivity contribution is 5.28. The van der Waals surface area contributed by atoms with Crippen LogP contribution in [0.3, 0.4) is 0 Å². The summed E-state index contributed by atoms with van der Waals surface area (Å²) in [6.07, 6.45) is 2.02. The molecule has 4 heteroatoms. The normalized spacial score (nSPS) is 13.3. The van der Waals surface area contributed by atoms with Crippen LogP contribution in [0.4, 0.5) is 5.95 Å². The fourth-order valence-corrected chi connectivity index (χ4v) is 1.20. The molecule has 0 bridgehead atoms. The zero-order valence-electron chi connectivity index (χ0n) is 9.70. The number of imidazole rings is 1. The lowest BCUT2D eigenvalue weighted by molar-refractivity contribution is 0.325. The number of rotatable bonds is 4. The van der Waals surface area contributed by atoms with Gasteiger partial charge in [-0.05, 0) is 27.9 Å². The van der Waals surface area contributed by atoms with Gasteiger partial charge in [-0.3, -0.25) is 0 Å². The van der Waals surface area contributed by atoms with E-state index in [1.54, 1.807) is 0 Å². The molecular weight excluding hydrogens is 176 g/mol. The third kappa shape index (κ3) is 2.73. The number of aryl methyl sites for hydroxylation is 2. The van der Waals surface area contributed by atoms with Gasteiger partial charge < -0.3 is 14.8 Å². The highest BCUT2D eigenvalue weighted by Crippen LogP contribution is 2.05. The van der Waals surface area contributed by atoms with Crippen LogP contribution in [0.2, 0.25) is 0 Å². The molecule has 1 aromatic rings. The second-order valence-corrected chi connectivity index (χ2v) is 4.01. The Morgan fingerprint density at radius 3 is 2.64 bits per heavy atom. The summed E-state index contributed by atoms with van der Waals surface area (Å²) in [6, 6.07) is 0.506. The van der Waals surface area contributed by atoms with Crippen molar-refractivity contribution in [3.8, 4) is 0 Å². The Hall–Kier alpha value is -1.03. The van der Waals surface area contributed by atoms with Crippen LogP contribution in [0.15, 0.2) is 6.20 Å². The van der Waals surface area contributed by atoms with Gasteiger partial charge >= 0.3 is 0 Å². The molecule has 1 atom stereocenters.